The molecule has 1 N–H and O–H groups in total. The standard InChI is InChI=1S/C19H19BN2O3/c20-15-8-10-16(11-9-15)21-18(23)17-7-4-12-22(17)19(24)25-13-14-5-2-1-3-6-14/h1-3,5-6,8-11,17H,4,7,12-13H2,(H,21,23). The number of nitrogens with one attached hydrogen (secondary N) is 1. The van der Waals surface area contributed by atoms with E-state index in [1.54, 1.807) is 24.3 Å². The lowest BCUT2D eigenvalue weighted by molar-refractivity contribution is -0.120. The summed E-state index contributed by atoms with van der Waals surface area (Å²) in [6, 6.07) is 15.9. The van der Waals surface area contributed by atoms with Crippen LogP contribution in [0, 0.1) is 0 Å². The van der Waals surface area contributed by atoms with E-state index in [1.807, 2.05) is 30.3 Å². The summed E-state index contributed by atoms with van der Waals surface area (Å²) in [6.07, 6.45) is 0.945. The van der Waals surface area contributed by atoms with Gasteiger partial charge in [-0.25, -0.2) is 4.79 Å². The SMILES string of the molecule is [B]c1ccc(NC(=O)C2CCCN2C(=O)OCc2ccccc2)cc1. The zero-order valence-corrected chi connectivity index (χ0v) is 13.9. The molecule has 2 aromatic carbocycles. The average molecular weight is 334 g/mol. The van der Waals surface area contributed by atoms with E-state index in [0.717, 1.165) is 12.0 Å². The Morgan fingerprint density at radius 2 is 1.84 bits per heavy atom. The van der Waals surface area contributed by atoms with Gasteiger partial charge in [-0.2, -0.15) is 0 Å². The molecule has 0 aliphatic carbocycles. The molecule has 0 aromatic heterocycles. The highest BCUT2D eigenvalue weighted by Crippen LogP contribution is 2.20. The van der Waals surface area contributed by atoms with Gasteiger partial charge in [-0.05, 0) is 30.5 Å². The zero-order chi connectivity index (χ0) is 17.6. The third kappa shape index (κ3) is 4.41. The third-order valence-corrected chi connectivity index (χ3v) is 4.17. The van der Waals surface area contributed by atoms with Crippen LogP contribution in [0.4, 0.5) is 10.5 Å². The molecule has 1 saturated heterocycles. The predicted octanol–water partition coefficient (Wildman–Crippen LogP) is 2.22. The van der Waals surface area contributed by atoms with Crippen LogP contribution < -0.4 is 10.8 Å². The molecule has 6 heteroatoms. The van der Waals surface area contributed by atoms with Crippen molar-refractivity contribution in [3.8, 4) is 0 Å². The summed E-state index contributed by atoms with van der Waals surface area (Å²) >= 11 is 0. The number of carbonyl (C=O) groups excluding carboxylic acids is 2. The summed E-state index contributed by atoms with van der Waals surface area (Å²) in [4.78, 5) is 26.3. The molecule has 1 aliphatic heterocycles. The van der Waals surface area contributed by atoms with E-state index < -0.39 is 12.1 Å². The molecule has 0 bridgehead atoms. The first-order chi connectivity index (χ1) is 12.1. The number of anilines is 1. The van der Waals surface area contributed by atoms with Gasteiger partial charge in [0.1, 0.15) is 20.5 Å². The lowest BCUT2D eigenvalue weighted by Crippen LogP contribution is -2.43. The quantitative estimate of drug-likeness (QED) is 0.873. The van der Waals surface area contributed by atoms with Crippen molar-refractivity contribution < 1.29 is 14.3 Å². The van der Waals surface area contributed by atoms with Crippen LogP contribution in [0.25, 0.3) is 0 Å². The summed E-state index contributed by atoms with van der Waals surface area (Å²) < 4.78 is 5.35. The molecule has 1 unspecified atom stereocenters. The molecule has 3 rings (SSSR count). The van der Waals surface area contributed by atoms with E-state index >= 15 is 0 Å². The second kappa shape index (κ2) is 7.88. The number of hydrogen-bond donors (Lipinski definition) is 1. The zero-order valence-electron chi connectivity index (χ0n) is 13.9. The monoisotopic (exact) mass is 334 g/mol. The first-order valence-electron chi connectivity index (χ1n) is 8.27. The summed E-state index contributed by atoms with van der Waals surface area (Å²) in [5.74, 6) is -0.209. The van der Waals surface area contributed by atoms with Crippen molar-refractivity contribution in [3.63, 3.8) is 0 Å². The fraction of sp³-hybridized carbons (Fsp3) is 0.263. The Morgan fingerprint density at radius 1 is 1.12 bits per heavy atom. The number of ether oxygens (including phenoxy) is 1. The van der Waals surface area contributed by atoms with Gasteiger partial charge in [-0.15, -0.1) is 0 Å². The topological polar surface area (TPSA) is 58.6 Å². The smallest absolute Gasteiger partial charge is 0.410 e. The molecule has 0 spiro atoms. The van der Waals surface area contributed by atoms with Gasteiger partial charge in [0.25, 0.3) is 0 Å². The molecule has 126 valence electrons. The van der Waals surface area contributed by atoms with E-state index in [1.165, 1.54) is 4.90 Å². The molecule has 1 fully saturated rings. The number of nitrogens with zero attached hydrogens (tertiary/aromatic N) is 1. The Balaban J connectivity index is 1.58. The molecule has 2 radical (unpaired) electrons. The lowest BCUT2D eigenvalue weighted by Gasteiger charge is -2.23. The maximum Gasteiger partial charge on any atom is 0.410 e. The van der Waals surface area contributed by atoms with Crippen molar-refractivity contribution in [2.45, 2.75) is 25.5 Å². The Morgan fingerprint density at radius 3 is 2.56 bits per heavy atom. The van der Waals surface area contributed by atoms with E-state index in [9.17, 15) is 9.59 Å². The minimum absolute atomic E-state index is 0.197. The van der Waals surface area contributed by atoms with Crippen molar-refractivity contribution in [1.29, 1.82) is 0 Å². The van der Waals surface area contributed by atoms with Gasteiger partial charge in [-0.3, -0.25) is 9.69 Å². The lowest BCUT2D eigenvalue weighted by atomic mass is 9.96. The number of benzene rings is 2. The van der Waals surface area contributed by atoms with Gasteiger partial charge < -0.3 is 10.1 Å². The molecular formula is C19H19BN2O3. The van der Waals surface area contributed by atoms with Crippen molar-refractivity contribution in [1.82, 2.24) is 4.90 Å². The Hall–Kier alpha value is -2.76. The number of likely N-dealkylation sites (tertiary alicyclic amines) is 1. The predicted molar refractivity (Wildman–Crippen MR) is 96.8 cm³/mol. The number of rotatable bonds is 4. The normalized spacial score (nSPS) is 16.5. The summed E-state index contributed by atoms with van der Waals surface area (Å²) in [6.45, 7) is 0.718. The highest BCUT2D eigenvalue weighted by molar-refractivity contribution is 6.32. The van der Waals surface area contributed by atoms with Crippen LogP contribution in [-0.4, -0.2) is 37.3 Å². The average Bonchev–Trinajstić information content (AvgIpc) is 3.12. The molecule has 0 saturated carbocycles. The molecule has 5 nitrogen and oxygen atoms in total. The van der Waals surface area contributed by atoms with Gasteiger partial charge in [0, 0.05) is 12.2 Å². The number of hydrogen-bond acceptors (Lipinski definition) is 3. The molecule has 2 amide bonds. The fourth-order valence-corrected chi connectivity index (χ4v) is 2.85. The highest BCUT2D eigenvalue weighted by atomic mass is 16.6. The van der Waals surface area contributed by atoms with Crippen LogP contribution in [0.3, 0.4) is 0 Å². The van der Waals surface area contributed by atoms with Crippen molar-refractivity contribution in [2.24, 2.45) is 0 Å². The third-order valence-electron chi connectivity index (χ3n) is 4.17. The van der Waals surface area contributed by atoms with E-state index in [4.69, 9.17) is 12.6 Å². The minimum Gasteiger partial charge on any atom is -0.445 e. The van der Waals surface area contributed by atoms with Gasteiger partial charge in [0.05, 0.1) is 0 Å². The van der Waals surface area contributed by atoms with Crippen molar-refractivity contribution in [3.05, 3.63) is 60.2 Å². The highest BCUT2D eigenvalue weighted by Gasteiger charge is 2.35. The Labute approximate surface area is 148 Å². The van der Waals surface area contributed by atoms with Crippen LogP contribution in [0.15, 0.2) is 54.6 Å². The molecule has 1 aliphatic rings. The fourth-order valence-electron chi connectivity index (χ4n) is 2.85. The Kier molecular flexibility index (Phi) is 5.38. The minimum atomic E-state index is -0.513. The van der Waals surface area contributed by atoms with Crippen LogP contribution in [0.1, 0.15) is 18.4 Å². The molecular weight excluding hydrogens is 315 g/mol. The van der Waals surface area contributed by atoms with Crippen LogP contribution >= 0.6 is 0 Å². The van der Waals surface area contributed by atoms with Crippen LogP contribution in [0.2, 0.25) is 0 Å². The van der Waals surface area contributed by atoms with Crippen LogP contribution in [0.5, 0.6) is 0 Å². The Bertz CT molecular complexity index is 734. The van der Waals surface area contributed by atoms with Crippen LogP contribution in [-0.2, 0) is 16.1 Å². The first kappa shape index (κ1) is 17.1. The van der Waals surface area contributed by atoms with Gasteiger partial charge in [0.2, 0.25) is 5.91 Å². The van der Waals surface area contributed by atoms with E-state index in [-0.39, 0.29) is 12.5 Å². The largest absolute Gasteiger partial charge is 0.445 e. The molecule has 1 heterocycles. The second-order valence-electron chi connectivity index (χ2n) is 6.00. The second-order valence-corrected chi connectivity index (χ2v) is 6.00. The molecule has 2 aromatic rings. The van der Waals surface area contributed by atoms with Crippen molar-refractivity contribution in [2.75, 3.05) is 11.9 Å². The molecule has 1 atom stereocenters. The summed E-state index contributed by atoms with van der Waals surface area (Å²) in [5, 5.41) is 2.83. The number of carbonyl (C=O) groups is 2. The van der Waals surface area contributed by atoms with E-state index in [0.29, 0.717) is 24.1 Å². The van der Waals surface area contributed by atoms with Crippen molar-refractivity contribution >= 4 is 31.0 Å². The molecule has 25 heavy (non-hydrogen) atoms. The first-order valence-corrected chi connectivity index (χ1v) is 8.27. The number of amides is 2. The van der Waals surface area contributed by atoms with E-state index in [2.05, 4.69) is 5.32 Å². The summed E-state index contributed by atoms with van der Waals surface area (Å²) in [5.41, 5.74) is 2.20. The van der Waals surface area contributed by atoms with Gasteiger partial charge in [-0.1, -0.05) is 47.9 Å². The maximum absolute atomic E-state index is 12.5. The van der Waals surface area contributed by atoms with Gasteiger partial charge >= 0.3 is 6.09 Å². The summed E-state index contributed by atoms with van der Waals surface area (Å²) in [7, 11) is 5.64. The van der Waals surface area contributed by atoms with Gasteiger partial charge in [0.15, 0.2) is 0 Å². The maximum atomic E-state index is 12.5.